The number of carbonyl (C=O) groups is 1. The number of nitrogens with one attached hydrogen (secondary N) is 1. The molecule has 21 heavy (non-hydrogen) atoms. The molecule has 0 bridgehead atoms. The molecule has 0 saturated carbocycles. The summed E-state index contributed by atoms with van der Waals surface area (Å²) in [5, 5.41) is 9.06. The lowest BCUT2D eigenvalue weighted by atomic mass is 10.2. The molecule has 0 spiro atoms. The average Bonchev–Trinajstić information content (AvgIpc) is 2.47. The van der Waals surface area contributed by atoms with Gasteiger partial charge in [-0.25, -0.2) is 8.42 Å². The van der Waals surface area contributed by atoms with Crippen LogP contribution in [0.5, 0.6) is 0 Å². The first-order chi connectivity index (χ1) is 9.92. The van der Waals surface area contributed by atoms with Gasteiger partial charge < -0.3 is 5.11 Å². The predicted molar refractivity (Wildman–Crippen MR) is 79.6 cm³/mol. The van der Waals surface area contributed by atoms with E-state index in [2.05, 4.69) is 4.72 Å². The highest BCUT2D eigenvalue weighted by Crippen LogP contribution is 2.18. The molecule has 0 heterocycles. The highest BCUT2D eigenvalue weighted by molar-refractivity contribution is 7.92. The summed E-state index contributed by atoms with van der Waals surface area (Å²) in [5.41, 5.74) is 1.30. The van der Waals surface area contributed by atoms with Crippen LogP contribution >= 0.6 is 0 Å². The van der Waals surface area contributed by atoms with E-state index in [1.807, 2.05) is 0 Å². The van der Waals surface area contributed by atoms with Crippen LogP contribution < -0.4 is 4.72 Å². The lowest BCUT2D eigenvalue weighted by Crippen LogP contribution is -2.13. The van der Waals surface area contributed by atoms with Gasteiger partial charge in [-0.15, -0.1) is 0 Å². The summed E-state index contributed by atoms with van der Waals surface area (Å²) >= 11 is 0. The first-order valence-corrected chi connectivity index (χ1v) is 7.74. The fourth-order valence-corrected chi connectivity index (χ4v) is 2.92. The van der Waals surface area contributed by atoms with Gasteiger partial charge in [0.1, 0.15) is 0 Å². The first kappa shape index (κ1) is 15.2. The summed E-state index contributed by atoms with van der Waals surface area (Å²) in [6.45, 7) is 1.21. The Bertz CT molecular complexity index is 769. The minimum atomic E-state index is -3.78. The van der Waals surface area contributed by atoms with Gasteiger partial charge in [-0.1, -0.05) is 24.3 Å². The molecule has 0 saturated heterocycles. The van der Waals surface area contributed by atoms with Crippen molar-refractivity contribution >= 4 is 21.5 Å². The summed E-state index contributed by atoms with van der Waals surface area (Å²) in [4.78, 5) is 11.3. The van der Waals surface area contributed by atoms with Crippen molar-refractivity contribution in [3.63, 3.8) is 0 Å². The van der Waals surface area contributed by atoms with Crippen molar-refractivity contribution in [2.75, 3.05) is 4.72 Å². The van der Waals surface area contributed by atoms with Gasteiger partial charge in [-0.05, 0) is 36.8 Å². The van der Waals surface area contributed by atoms with Crippen molar-refractivity contribution in [1.29, 1.82) is 0 Å². The maximum Gasteiger partial charge on any atom is 0.261 e. The molecular formula is C15H15NO4S. The van der Waals surface area contributed by atoms with Crippen molar-refractivity contribution in [1.82, 2.24) is 0 Å². The first-order valence-electron chi connectivity index (χ1n) is 6.26. The smallest absolute Gasteiger partial charge is 0.261 e. The van der Waals surface area contributed by atoms with E-state index in [-0.39, 0.29) is 17.3 Å². The number of anilines is 1. The lowest BCUT2D eigenvalue weighted by Gasteiger charge is -2.09. The van der Waals surface area contributed by atoms with Crippen LogP contribution in [0.25, 0.3) is 0 Å². The molecule has 0 fully saturated rings. The zero-order valence-corrected chi connectivity index (χ0v) is 12.2. The van der Waals surface area contributed by atoms with E-state index in [9.17, 15) is 13.2 Å². The second kappa shape index (κ2) is 6.07. The van der Waals surface area contributed by atoms with Crippen molar-refractivity contribution < 1.29 is 18.3 Å². The van der Waals surface area contributed by atoms with E-state index >= 15 is 0 Å². The molecule has 0 amide bonds. The largest absolute Gasteiger partial charge is 0.392 e. The number of benzene rings is 2. The molecule has 0 aromatic heterocycles. The third-order valence-corrected chi connectivity index (χ3v) is 4.29. The molecule has 0 aliphatic carbocycles. The van der Waals surface area contributed by atoms with Crippen LogP contribution in [0.2, 0.25) is 0 Å². The SMILES string of the molecule is CC(=O)c1cccc(S(=O)(=O)Nc2cccc(CO)c2)c1. The van der Waals surface area contributed by atoms with E-state index in [4.69, 9.17) is 5.11 Å². The number of rotatable bonds is 5. The van der Waals surface area contributed by atoms with Gasteiger partial charge in [0.15, 0.2) is 5.78 Å². The van der Waals surface area contributed by atoms with Gasteiger partial charge in [-0.2, -0.15) is 0 Å². The summed E-state index contributed by atoms with van der Waals surface area (Å²) in [7, 11) is -3.78. The number of aliphatic hydroxyl groups excluding tert-OH is 1. The van der Waals surface area contributed by atoms with Gasteiger partial charge in [0.2, 0.25) is 0 Å². The Morgan fingerprint density at radius 1 is 1.14 bits per heavy atom. The Kier molecular flexibility index (Phi) is 4.40. The van der Waals surface area contributed by atoms with Crippen molar-refractivity contribution in [2.24, 2.45) is 0 Å². The molecular weight excluding hydrogens is 290 g/mol. The van der Waals surface area contributed by atoms with Crippen LogP contribution in [0.4, 0.5) is 5.69 Å². The summed E-state index contributed by atoms with van der Waals surface area (Å²) in [6.07, 6.45) is 0. The third-order valence-electron chi connectivity index (χ3n) is 2.91. The number of hydrogen-bond donors (Lipinski definition) is 2. The van der Waals surface area contributed by atoms with Crippen LogP contribution in [-0.4, -0.2) is 19.3 Å². The van der Waals surface area contributed by atoms with Crippen molar-refractivity contribution in [3.8, 4) is 0 Å². The van der Waals surface area contributed by atoms with E-state index in [1.54, 1.807) is 30.3 Å². The Labute approximate surface area is 123 Å². The molecule has 0 aliphatic heterocycles. The second-order valence-electron chi connectivity index (χ2n) is 4.55. The van der Waals surface area contributed by atoms with Gasteiger partial charge in [0.25, 0.3) is 10.0 Å². The summed E-state index contributed by atoms with van der Waals surface area (Å²) < 4.78 is 27.0. The number of aliphatic hydroxyl groups is 1. The second-order valence-corrected chi connectivity index (χ2v) is 6.23. The van der Waals surface area contributed by atoms with E-state index in [0.29, 0.717) is 16.8 Å². The molecule has 0 unspecified atom stereocenters. The Morgan fingerprint density at radius 3 is 2.52 bits per heavy atom. The van der Waals surface area contributed by atoms with Gasteiger partial charge in [-0.3, -0.25) is 9.52 Å². The van der Waals surface area contributed by atoms with E-state index in [0.717, 1.165) is 0 Å². The van der Waals surface area contributed by atoms with Gasteiger partial charge in [0.05, 0.1) is 11.5 Å². The van der Waals surface area contributed by atoms with E-state index in [1.165, 1.54) is 25.1 Å². The number of sulfonamides is 1. The molecule has 6 heteroatoms. The van der Waals surface area contributed by atoms with Crippen LogP contribution in [0.1, 0.15) is 22.8 Å². The van der Waals surface area contributed by atoms with Crippen LogP contribution in [0, 0.1) is 0 Å². The highest BCUT2D eigenvalue weighted by atomic mass is 32.2. The van der Waals surface area contributed by atoms with Crippen LogP contribution in [0.3, 0.4) is 0 Å². The maximum absolute atomic E-state index is 12.3. The standard InChI is InChI=1S/C15H15NO4S/c1-11(18)13-5-3-7-15(9-13)21(19,20)16-14-6-2-4-12(8-14)10-17/h2-9,16-17H,10H2,1H3. The molecule has 5 nitrogen and oxygen atoms in total. The lowest BCUT2D eigenvalue weighted by molar-refractivity contribution is 0.101. The summed E-state index contributed by atoms with van der Waals surface area (Å²) in [6, 6.07) is 12.3. The third kappa shape index (κ3) is 3.68. The average molecular weight is 305 g/mol. The Balaban J connectivity index is 2.33. The number of Topliss-reactive ketones (excluding diaryl/α,β-unsaturated/α-hetero) is 1. The molecule has 0 radical (unpaired) electrons. The molecule has 2 rings (SSSR count). The minimum Gasteiger partial charge on any atom is -0.392 e. The maximum atomic E-state index is 12.3. The molecule has 0 aliphatic rings. The van der Waals surface area contributed by atoms with Crippen LogP contribution in [0.15, 0.2) is 53.4 Å². The predicted octanol–water partition coefficient (Wildman–Crippen LogP) is 2.18. The zero-order valence-electron chi connectivity index (χ0n) is 11.4. The molecule has 2 N–H and O–H groups in total. The fraction of sp³-hybridized carbons (Fsp3) is 0.133. The Hall–Kier alpha value is -2.18. The summed E-state index contributed by atoms with van der Waals surface area (Å²) in [5.74, 6) is -0.200. The highest BCUT2D eigenvalue weighted by Gasteiger charge is 2.15. The van der Waals surface area contributed by atoms with Crippen molar-refractivity contribution in [3.05, 3.63) is 59.7 Å². The van der Waals surface area contributed by atoms with Crippen molar-refractivity contribution in [2.45, 2.75) is 18.4 Å². The molecule has 110 valence electrons. The van der Waals surface area contributed by atoms with Gasteiger partial charge >= 0.3 is 0 Å². The van der Waals surface area contributed by atoms with E-state index < -0.39 is 10.0 Å². The topological polar surface area (TPSA) is 83.5 Å². The monoisotopic (exact) mass is 305 g/mol. The minimum absolute atomic E-state index is 0.0181. The Morgan fingerprint density at radius 2 is 1.86 bits per heavy atom. The quantitative estimate of drug-likeness (QED) is 0.829. The molecule has 0 atom stereocenters. The molecule has 2 aromatic carbocycles. The number of hydrogen-bond acceptors (Lipinski definition) is 4. The molecule has 2 aromatic rings. The normalized spacial score (nSPS) is 11.1. The zero-order chi connectivity index (χ0) is 15.5. The van der Waals surface area contributed by atoms with Crippen LogP contribution in [-0.2, 0) is 16.6 Å². The number of ketones is 1. The van der Waals surface area contributed by atoms with Gasteiger partial charge in [0, 0.05) is 11.3 Å². The fourth-order valence-electron chi connectivity index (χ4n) is 1.83. The number of carbonyl (C=O) groups excluding carboxylic acids is 1.